The lowest BCUT2D eigenvalue weighted by Crippen LogP contribution is -2.00. The zero-order valence-corrected chi connectivity index (χ0v) is 9.75. The number of aryl methyl sites for hydroxylation is 1. The standard InChI is InChI=1S/C11H12BrNO2/c12-11-6-8-4-9(14)7(2-1-3-13)5-10(8)15-11/h4-6,14H,1-3,13H2. The van der Waals surface area contributed by atoms with E-state index in [2.05, 4.69) is 15.9 Å². The van der Waals surface area contributed by atoms with Gasteiger partial charge in [-0.3, -0.25) is 0 Å². The molecule has 0 aliphatic heterocycles. The average molecular weight is 270 g/mol. The molecule has 3 N–H and O–H groups in total. The smallest absolute Gasteiger partial charge is 0.170 e. The third kappa shape index (κ3) is 2.16. The summed E-state index contributed by atoms with van der Waals surface area (Å²) in [5, 5.41) is 10.6. The molecular weight excluding hydrogens is 258 g/mol. The maximum Gasteiger partial charge on any atom is 0.170 e. The van der Waals surface area contributed by atoms with Gasteiger partial charge < -0.3 is 15.3 Å². The van der Waals surface area contributed by atoms with Crippen LogP contribution in [-0.4, -0.2) is 11.7 Å². The molecule has 0 unspecified atom stereocenters. The summed E-state index contributed by atoms with van der Waals surface area (Å²) >= 11 is 3.26. The third-order valence-electron chi connectivity index (χ3n) is 2.34. The van der Waals surface area contributed by atoms with E-state index in [-0.39, 0.29) is 0 Å². The van der Waals surface area contributed by atoms with Crippen LogP contribution in [0, 0.1) is 0 Å². The van der Waals surface area contributed by atoms with Gasteiger partial charge in [0.25, 0.3) is 0 Å². The molecule has 0 amide bonds. The van der Waals surface area contributed by atoms with Crippen LogP contribution in [0.25, 0.3) is 11.0 Å². The number of hydrogen-bond donors (Lipinski definition) is 2. The third-order valence-corrected chi connectivity index (χ3v) is 2.73. The Morgan fingerprint density at radius 3 is 2.87 bits per heavy atom. The van der Waals surface area contributed by atoms with Crippen molar-refractivity contribution in [2.75, 3.05) is 6.54 Å². The summed E-state index contributed by atoms with van der Waals surface area (Å²) in [5.41, 5.74) is 7.10. The summed E-state index contributed by atoms with van der Waals surface area (Å²) in [5.74, 6) is 0.309. The van der Waals surface area contributed by atoms with Crippen LogP contribution in [0.1, 0.15) is 12.0 Å². The molecule has 2 rings (SSSR count). The van der Waals surface area contributed by atoms with Crippen LogP contribution in [0.5, 0.6) is 5.75 Å². The predicted octanol–water partition coefficient (Wildman–Crippen LogP) is 2.79. The van der Waals surface area contributed by atoms with Crippen LogP contribution in [0.3, 0.4) is 0 Å². The first-order valence-corrected chi connectivity index (χ1v) is 5.61. The van der Waals surface area contributed by atoms with E-state index in [0.29, 0.717) is 17.0 Å². The highest BCUT2D eigenvalue weighted by atomic mass is 79.9. The quantitative estimate of drug-likeness (QED) is 0.901. The fourth-order valence-electron chi connectivity index (χ4n) is 1.58. The van der Waals surface area contributed by atoms with Crippen LogP contribution in [0.15, 0.2) is 27.3 Å². The molecule has 1 aromatic carbocycles. The van der Waals surface area contributed by atoms with Crippen molar-refractivity contribution < 1.29 is 9.52 Å². The number of aromatic hydroxyl groups is 1. The van der Waals surface area contributed by atoms with Crippen LogP contribution in [0.2, 0.25) is 0 Å². The van der Waals surface area contributed by atoms with Crippen LogP contribution in [-0.2, 0) is 6.42 Å². The molecule has 3 nitrogen and oxygen atoms in total. The van der Waals surface area contributed by atoms with Crippen molar-refractivity contribution in [1.29, 1.82) is 0 Å². The molecule has 0 spiro atoms. The summed E-state index contributed by atoms with van der Waals surface area (Å²) in [6, 6.07) is 5.42. The minimum atomic E-state index is 0.309. The van der Waals surface area contributed by atoms with Gasteiger partial charge in [0.15, 0.2) is 4.67 Å². The number of phenols is 1. The van der Waals surface area contributed by atoms with Crippen molar-refractivity contribution >= 4 is 26.9 Å². The van der Waals surface area contributed by atoms with Gasteiger partial charge in [-0.25, -0.2) is 0 Å². The fourth-order valence-corrected chi connectivity index (χ4v) is 2.00. The molecule has 2 aromatic rings. The first-order valence-electron chi connectivity index (χ1n) is 4.81. The Kier molecular flexibility index (Phi) is 2.98. The van der Waals surface area contributed by atoms with E-state index in [1.807, 2.05) is 12.1 Å². The number of phenolic OH excluding ortho intramolecular Hbond substituents is 1. The number of hydrogen-bond acceptors (Lipinski definition) is 3. The number of rotatable bonds is 3. The highest BCUT2D eigenvalue weighted by Gasteiger charge is 2.07. The molecule has 1 aromatic heterocycles. The SMILES string of the molecule is NCCCc1cc2oc(Br)cc2cc1O. The molecule has 0 fully saturated rings. The summed E-state index contributed by atoms with van der Waals surface area (Å²) < 4.78 is 6.09. The number of fused-ring (bicyclic) bond motifs is 1. The normalized spacial score (nSPS) is 11.1. The zero-order valence-electron chi connectivity index (χ0n) is 8.16. The molecule has 80 valence electrons. The summed E-state index contributed by atoms with van der Waals surface area (Å²) in [6.07, 6.45) is 1.64. The zero-order chi connectivity index (χ0) is 10.8. The second kappa shape index (κ2) is 4.24. The molecule has 15 heavy (non-hydrogen) atoms. The lowest BCUT2D eigenvalue weighted by molar-refractivity contribution is 0.467. The van der Waals surface area contributed by atoms with Crippen molar-refractivity contribution in [3.05, 3.63) is 28.4 Å². The topological polar surface area (TPSA) is 59.4 Å². The monoisotopic (exact) mass is 269 g/mol. The van der Waals surface area contributed by atoms with Crippen molar-refractivity contribution in [3.8, 4) is 5.75 Å². The van der Waals surface area contributed by atoms with E-state index >= 15 is 0 Å². The van der Waals surface area contributed by atoms with Gasteiger partial charge in [0.1, 0.15) is 11.3 Å². The van der Waals surface area contributed by atoms with Crippen LogP contribution in [0.4, 0.5) is 0 Å². The Hall–Kier alpha value is -1.00. The molecular formula is C11H12BrNO2. The van der Waals surface area contributed by atoms with E-state index in [0.717, 1.165) is 29.4 Å². The summed E-state index contributed by atoms with van der Waals surface area (Å²) in [6.45, 7) is 0.624. The predicted molar refractivity (Wildman–Crippen MR) is 63.0 cm³/mol. The molecule has 0 atom stereocenters. The Morgan fingerprint density at radius 2 is 2.13 bits per heavy atom. The maximum atomic E-state index is 9.75. The molecule has 0 aliphatic carbocycles. The van der Waals surface area contributed by atoms with Crippen molar-refractivity contribution in [1.82, 2.24) is 0 Å². The van der Waals surface area contributed by atoms with Gasteiger partial charge in [0.2, 0.25) is 0 Å². The molecule has 4 heteroatoms. The lowest BCUT2D eigenvalue weighted by atomic mass is 10.1. The van der Waals surface area contributed by atoms with E-state index in [1.165, 1.54) is 0 Å². The minimum absolute atomic E-state index is 0.309. The summed E-state index contributed by atoms with van der Waals surface area (Å²) in [7, 11) is 0. The average Bonchev–Trinajstić information content (AvgIpc) is 2.53. The Labute approximate surface area is 96.0 Å². The van der Waals surface area contributed by atoms with Crippen LogP contribution < -0.4 is 5.73 Å². The molecule has 0 saturated heterocycles. The highest BCUT2D eigenvalue weighted by Crippen LogP contribution is 2.30. The van der Waals surface area contributed by atoms with Crippen LogP contribution >= 0.6 is 15.9 Å². The molecule has 1 heterocycles. The highest BCUT2D eigenvalue weighted by molar-refractivity contribution is 9.10. The largest absolute Gasteiger partial charge is 0.508 e. The van der Waals surface area contributed by atoms with Gasteiger partial charge in [-0.2, -0.15) is 0 Å². The number of halogens is 1. The van der Waals surface area contributed by atoms with Gasteiger partial charge in [-0.15, -0.1) is 0 Å². The number of nitrogens with two attached hydrogens (primary N) is 1. The number of furan rings is 1. The number of benzene rings is 1. The first-order chi connectivity index (χ1) is 7.20. The Balaban J connectivity index is 2.42. The van der Waals surface area contributed by atoms with Gasteiger partial charge >= 0.3 is 0 Å². The fraction of sp³-hybridized carbons (Fsp3) is 0.273. The van der Waals surface area contributed by atoms with E-state index < -0.39 is 0 Å². The Morgan fingerprint density at radius 1 is 1.33 bits per heavy atom. The maximum absolute atomic E-state index is 9.75. The molecule has 0 radical (unpaired) electrons. The Bertz CT molecular complexity index is 479. The first kappa shape index (κ1) is 10.5. The van der Waals surface area contributed by atoms with E-state index in [4.69, 9.17) is 10.2 Å². The second-order valence-electron chi connectivity index (χ2n) is 3.46. The molecule has 0 saturated carbocycles. The summed E-state index contributed by atoms with van der Waals surface area (Å²) in [4.78, 5) is 0. The van der Waals surface area contributed by atoms with Crippen molar-refractivity contribution in [2.45, 2.75) is 12.8 Å². The molecule has 0 aliphatic rings. The van der Waals surface area contributed by atoms with Gasteiger partial charge in [0.05, 0.1) is 0 Å². The van der Waals surface area contributed by atoms with E-state index in [9.17, 15) is 5.11 Å². The minimum Gasteiger partial charge on any atom is -0.508 e. The van der Waals surface area contributed by atoms with E-state index in [1.54, 1.807) is 6.07 Å². The van der Waals surface area contributed by atoms with Gasteiger partial charge in [-0.05, 0) is 59.1 Å². The van der Waals surface area contributed by atoms with Gasteiger partial charge in [0, 0.05) is 5.39 Å². The lowest BCUT2D eigenvalue weighted by Gasteiger charge is -2.02. The molecule has 0 bridgehead atoms. The second-order valence-corrected chi connectivity index (χ2v) is 4.24. The van der Waals surface area contributed by atoms with Crippen molar-refractivity contribution in [3.63, 3.8) is 0 Å². The van der Waals surface area contributed by atoms with Crippen molar-refractivity contribution in [2.24, 2.45) is 5.73 Å². The van der Waals surface area contributed by atoms with Gasteiger partial charge in [-0.1, -0.05) is 0 Å².